The third kappa shape index (κ3) is 5.20. The van der Waals surface area contributed by atoms with Crippen LogP contribution in [-0.2, 0) is 14.8 Å². The molecule has 1 heterocycles. The molecule has 1 aliphatic rings. The molecule has 1 aromatic rings. The molecular formula is C21H32N2O3S. The summed E-state index contributed by atoms with van der Waals surface area (Å²) in [5.74, 6) is 0.363. The van der Waals surface area contributed by atoms with E-state index in [-0.39, 0.29) is 11.8 Å². The highest BCUT2D eigenvalue weighted by atomic mass is 32.2. The number of carbonyl (C=O) groups is 1. The molecule has 6 heteroatoms. The molecule has 0 unspecified atom stereocenters. The van der Waals surface area contributed by atoms with Crippen LogP contribution < -0.4 is 0 Å². The highest BCUT2D eigenvalue weighted by Gasteiger charge is 2.33. The minimum Gasteiger partial charge on any atom is -0.339 e. The zero-order valence-electron chi connectivity index (χ0n) is 16.9. The van der Waals surface area contributed by atoms with Crippen molar-refractivity contribution >= 4 is 15.9 Å². The monoisotopic (exact) mass is 392 g/mol. The summed E-state index contributed by atoms with van der Waals surface area (Å²) in [4.78, 5) is 14.8. The summed E-state index contributed by atoms with van der Waals surface area (Å²) in [7, 11) is -3.50. The number of piperidine rings is 1. The molecule has 1 aliphatic heterocycles. The van der Waals surface area contributed by atoms with E-state index in [4.69, 9.17) is 0 Å². The Balaban J connectivity index is 2.03. The topological polar surface area (TPSA) is 57.7 Å². The first kappa shape index (κ1) is 21.6. The highest BCUT2D eigenvalue weighted by Crippen LogP contribution is 2.26. The van der Waals surface area contributed by atoms with Gasteiger partial charge in [0.2, 0.25) is 15.9 Å². The first-order valence-electron chi connectivity index (χ1n) is 9.70. The molecule has 1 amide bonds. The number of hydrogen-bond donors (Lipinski definition) is 0. The van der Waals surface area contributed by atoms with Gasteiger partial charge in [-0.05, 0) is 50.3 Å². The van der Waals surface area contributed by atoms with E-state index in [1.165, 1.54) is 4.31 Å². The number of sulfonamides is 1. The minimum atomic E-state index is -3.50. The molecule has 27 heavy (non-hydrogen) atoms. The molecule has 1 fully saturated rings. The van der Waals surface area contributed by atoms with Crippen molar-refractivity contribution in [2.75, 3.05) is 26.2 Å². The van der Waals surface area contributed by atoms with E-state index >= 15 is 0 Å². The lowest BCUT2D eigenvalue weighted by atomic mass is 9.96. The molecule has 0 radical (unpaired) electrons. The summed E-state index contributed by atoms with van der Waals surface area (Å²) in [6.07, 6.45) is 1.13. The fourth-order valence-corrected chi connectivity index (χ4v) is 4.92. The van der Waals surface area contributed by atoms with Crippen molar-refractivity contribution in [3.63, 3.8) is 0 Å². The Hall–Kier alpha value is -1.66. The number of hydrogen-bond acceptors (Lipinski definition) is 3. The summed E-state index contributed by atoms with van der Waals surface area (Å²) in [6, 6.07) is 7.14. The van der Waals surface area contributed by atoms with Gasteiger partial charge >= 0.3 is 0 Å². The maximum Gasteiger partial charge on any atom is 0.243 e. The normalized spacial score (nSPS) is 16.5. The molecule has 0 atom stereocenters. The van der Waals surface area contributed by atoms with Gasteiger partial charge in [-0.25, -0.2) is 8.42 Å². The van der Waals surface area contributed by atoms with Gasteiger partial charge in [0, 0.05) is 32.1 Å². The summed E-state index contributed by atoms with van der Waals surface area (Å²) in [5, 5.41) is 0. The van der Waals surface area contributed by atoms with Gasteiger partial charge in [-0.15, -0.1) is 0 Å². The van der Waals surface area contributed by atoms with Crippen LogP contribution in [0.1, 0.15) is 52.0 Å². The molecule has 0 N–H and O–H groups in total. The Morgan fingerprint density at radius 1 is 1.22 bits per heavy atom. The molecule has 2 rings (SSSR count). The lowest BCUT2D eigenvalue weighted by Gasteiger charge is -2.33. The van der Waals surface area contributed by atoms with Crippen molar-refractivity contribution in [2.24, 2.45) is 5.92 Å². The first-order valence-corrected chi connectivity index (χ1v) is 11.1. The Labute approximate surface area is 164 Å². The molecule has 1 aromatic carbocycles. The predicted molar refractivity (Wildman–Crippen MR) is 109 cm³/mol. The Bertz CT molecular complexity index is 761. The van der Waals surface area contributed by atoms with Crippen LogP contribution in [0, 0.1) is 5.92 Å². The SMILES string of the molecule is C=C(C)CN(CC)C(=O)C1CCN(S(=O)(=O)c2ccc(C(C)C)cc2)CC1. The Morgan fingerprint density at radius 2 is 1.78 bits per heavy atom. The molecule has 150 valence electrons. The van der Waals surface area contributed by atoms with E-state index < -0.39 is 10.0 Å². The first-order chi connectivity index (χ1) is 12.7. The van der Waals surface area contributed by atoms with Crippen LogP contribution in [0.15, 0.2) is 41.3 Å². The summed E-state index contributed by atoms with van der Waals surface area (Å²) in [6.45, 7) is 13.9. The lowest BCUT2D eigenvalue weighted by molar-refractivity contribution is -0.136. The molecule has 0 aromatic heterocycles. The van der Waals surface area contributed by atoms with Crippen LogP contribution in [0.4, 0.5) is 0 Å². The van der Waals surface area contributed by atoms with Crippen molar-refractivity contribution in [2.45, 2.75) is 51.3 Å². The summed E-state index contributed by atoms with van der Waals surface area (Å²) >= 11 is 0. The van der Waals surface area contributed by atoms with Crippen LogP contribution in [-0.4, -0.2) is 49.7 Å². The molecular weight excluding hydrogens is 360 g/mol. The van der Waals surface area contributed by atoms with Gasteiger partial charge in [0.1, 0.15) is 0 Å². The van der Waals surface area contributed by atoms with Crippen LogP contribution in [0.25, 0.3) is 0 Å². The number of amides is 1. The average Bonchev–Trinajstić information content (AvgIpc) is 2.65. The van der Waals surface area contributed by atoms with Crippen molar-refractivity contribution in [1.29, 1.82) is 0 Å². The van der Waals surface area contributed by atoms with E-state index in [0.29, 0.717) is 49.8 Å². The third-order valence-electron chi connectivity index (χ3n) is 5.14. The smallest absolute Gasteiger partial charge is 0.243 e. The van der Waals surface area contributed by atoms with Gasteiger partial charge in [-0.1, -0.05) is 38.1 Å². The number of likely N-dealkylation sites (N-methyl/N-ethyl adjacent to an activating group) is 1. The van der Waals surface area contributed by atoms with E-state index in [1.807, 2.05) is 30.9 Å². The summed E-state index contributed by atoms with van der Waals surface area (Å²) in [5.41, 5.74) is 2.07. The van der Waals surface area contributed by atoms with Gasteiger partial charge in [0.15, 0.2) is 0 Å². The molecule has 0 spiro atoms. The third-order valence-corrected chi connectivity index (χ3v) is 7.05. The second-order valence-electron chi connectivity index (χ2n) is 7.71. The largest absolute Gasteiger partial charge is 0.339 e. The average molecular weight is 393 g/mol. The van der Waals surface area contributed by atoms with Gasteiger partial charge in [-0.2, -0.15) is 4.31 Å². The zero-order chi connectivity index (χ0) is 20.2. The predicted octanol–water partition coefficient (Wildman–Crippen LogP) is 3.64. The maximum atomic E-state index is 12.9. The standard InChI is InChI=1S/C21H32N2O3S/c1-6-22(15-16(2)3)21(24)19-11-13-23(14-12-19)27(25,26)20-9-7-18(8-10-20)17(4)5/h7-10,17,19H,2,6,11-15H2,1,3-5H3. The van der Waals surface area contributed by atoms with E-state index in [9.17, 15) is 13.2 Å². The molecule has 0 saturated carbocycles. The molecule has 0 aliphatic carbocycles. The molecule has 1 saturated heterocycles. The van der Waals surface area contributed by atoms with Crippen molar-refractivity contribution in [3.8, 4) is 0 Å². The molecule has 0 bridgehead atoms. The fourth-order valence-electron chi connectivity index (χ4n) is 3.45. The highest BCUT2D eigenvalue weighted by molar-refractivity contribution is 7.89. The van der Waals surface area contributed by atoms with Gasteiger partial charge in [0.25, 0.3) is 0 Å². The maximum absolute atomic E-state index is 12.9. The Morgan fingerprint density at radius 3 is 2.22 bits per heavy atom. The second-order valence-corrected chi connectivity index (χ2v) is 9.65. The Kier molecular flexibility index (Phi) is 7.23. The van der Waals surface area contributed by atoms with Gasteiger partial charge < -0.3 is 4.90 Å². The minimum absolute atomic E-state index is 0.110. The second kappa shape index (κ2) is 9.02. The van der Waals surface area contributed by atoms with Crippen LogP contribution in [0.3, 0.4) is 0 Å². The zero-order valence-corrected chi connectivity index (χ0v) is 17.8. The van der Waals surface area contributed by atoms with Crippen molar-refractivity contribution < 1.29 is 13.2 Å². The van der Waals surface area contributed by atoms with Crippen molar-refractivity contribution in [1.82, 2.24) is 9.21 Å². The number of carbonyl (C=O) groups excluding carboxylic acids is 1. The van der Waals surface area contributed by atoms with Gasteiger partial charge in [-0.3, -0.25) is 4.79 Å². The van der Waals surface area contributed by atoms with Crippen LogP contribution >= 0.6 is 0 Å². The van der Waals surface area contributed by atoms with E-state index in [2.05, 4.69) is 20.4 Å². The quantitative estimate of drug-likeness (QED) is 0.666. The number of benzene rings is 1. The van der Waals surface area contributed by atoms with Crippen LogP contribution in [0.2, 0.25) is 0 Å². The lowest BCUT2D eigenvalue weighted by Crippen LogP contribution is -2.44. The van der Waals surface area contributed by atoms with Gasteiger partial charge in [0.05, 0.1) is 4.90 Å². The van der Waals surface area contributed by atoms with E-state index in [1.54, 1.807) is 12.1 Å². The van der Waals surface area contributed by atoms with Crippen molar-refractivity contribution in [3.05, 3.63) is 42.0 Å². The fraction of sp³-hybridized carbons (Fsp3) is 0.571. The number of nitrogens with zero attached hydrogens (tertiary/aromatic N) is 2. The summed E-state index contributed by atoms with van der Waals surface area (Å²) < 4.78 is 27.3. The number of rotatable bonds is 7. The van der Waals surface area contributed by atoms with Crippen LogP contribution in [0.5, 0.6) is 0 Å². The van der Waals surface area contributed by atoms with E-state index in [0.717, 1.165) is 11.1 Å². The molecule has 5 nitrogen and oxygen atoms in total.